The predicted molar refractivity (Wildman–Crippen MR) is 92.1 cm³/mol. The van der Waals surface area contributed by atoms with Gasteiger partial charge in [0.05, 0.1) is 11.1 Å². The Balaban J connectivity index is 1.84. The maximum Gasteiger partial charge on any atom is 0.416 e. The molecule has 1 aliphatic carbocycles. The molecule has 0 heterocycles. The molecule has 2 aromatic rings. The first-order valence-corrected chi connectivity index (χ1v) is 8.63. The Morgan fingerprint density at radius 1 is 0.889 bits per heavy atom. The quantitative estimate of drug-likeness (QED) is 0.679. The molecule has 0 spiro atoms. The second-order valence-electron chi connectivity index (χ2n) is 6.90. The average molecular weight is 380 g/mol. The molecular weight excluding hydrogens is 361 g/mol. The molecule has 7 heteroatoms. The fourth-order valence-electron chi connectivity index (χ4n) is 3.86. The van der Waals surface area contributed by atoms with Crippen LogP contribution < -0.4 is 0 Å². The number of carboxylic acid groups (broad SMARTS) is 1. The van der Waals surface area contributed by atoms with Crippen molar-refractivity contribution in [3.05, 3.63) is 58.7 Å². The van der Waals surface area contributed by atoms with Gasteiger partial charge in [-0.2, -0.15) is 13.2 Å². The van der Waals surface area contributed by atoms with Crippen LogP contribution in [0.2, 0.25) is 0 Å². The van der Waals surface area contributed by atoms with Crippen LogP contribution >= 0.6 is 0 Å². The van der Waals surface area contributed by atoms with Crippen LogP contribution in [0.3, 0.4) is 0 Å². The van der Waals surface area contributed by atoms with E-state index in [1.165, 1.54) is 12.1 Å². The molecule has 1 fully saturated rings. The number of phenolic OH excluding ortho intramolecular Hbond substituents is 2. The predicted octanol–water partition coefficient (Wildman–Crippen LogP) is 5.26. The molecule has 1 saturated carbocycles. The van der Waals surface area contributed by atoms with E-state index in [2.05, 4.69) is 0 Å². The van der Waals surface area contributed by atoms with Crippen molar-refractivity contribution < 1.29 is 33.3 Å². The molecule has 1 aliphatic rings. The van der Waals surface area contributed by atoms with E-state index in [1.54, 1.807) is 6.07 Å². The summed E-state index contributed by atoms with van der Waals surface area (Å²) in [5.41, 5.74) is -0.0424. The Kier molecular flexibility index (Phi) is 5.04. The van der Waals surface area contributed by atoms with Gasteiger partial charge in [0.1, 0.15) is 11.5 Å². The van der Waals surface area contributed by atoms with E-state index in [1.807, 2.05) is 0 Å². The van der Waals surface area contributed by atoms with Crippen molar-refractivity contribution in [3.63, 3.8) is 0 Å². The van der Waals surface area contributed by atoms with Crippen LogP contribution in [0.4, 0.5) is 13.2 Å². The zero-order valence-electron chi connectivity index (χ0n) is 14.3. The van der Waals surface area contributed by atoms with Gasteiger partial charge in [0, 0.05) is 6.07 Å². The van der Waals surface area contributed by atoms with Gasteiger partial charge in [0.15, 0.2) is 0 Å². The highest BCUT2D eigenvalue weighted by Crippen LogP contribution is 2.45. The molecule has 0 radical (unpaired) electrons. The minimum absolute atomic E-state index is 0.0104. The maximum absolute atomic E-state index is 13.0. The van der Waals surface area contributed by atoms with Crippen LogP contribution in [-0.2, 0) is 6.18 Å². The molecule has 3 N–H and O–H groups in total. The number of aromatic carboxylic acids is 1. The van der Waals surface area contributed by atoms with Crippen LogP contribution in [-0.4, -0.2) is 21.3 Å². The fourth-order valence-corrected chi connectivity index (χ4v) is 3.86. The van der Waals surface area contributed by atoms with Gasteiger partial charge in [0.25, 0.3) is 0 Å². The highest BCUT2D eigenvalue weighted by Gasteiger charge is 2.34. The van der Waals surface area contributed by atoms with Crippen LogP contribution in [0.15, 0.2) is 36.4 Å². The highest BCUT2D eigenvalue weighted by atomic mass is 19.4. The molecule has 0 atom stereocenters. The molecule has 2 aromatic carbocycles. The number of carbonyl (C=O) groups is 1. The first-order valence-electron chi connectivity index (χ1n) is 8.63. The van der Waals surface area contributed by atoms with Crippen molar-refractivity contribution in [1.82, 2.24) is 0 Å². The Morgan fingerprint density at radius 2 is 1.48 bits per heavy atom. The molecule has 0 amide bonds. The molecule has 0 saturated heterocycles. The monoisotopic (exact) mass is 380 g/mol. The molecule has 4 nitrogen and oxygen atoms in total. The topological polar surface area (TPSA) is 77.8 Å². The van der Waals surface area contributed by atoms with Gasteiger partial charge in [-0.3, -0.25) is 0 Å². The zero-order chi connectivity index (χ0) is 19.8. The number of hydrogen-bond acceptors (Lipinski definition) is 3. The molecule has 0 unspecified atom stereocenters. The van der Waals surface area contributed by atoms with E-state index in [4.69, 9.17) is 0 Å². The third-order valence-electron chi connectivity index (χ3n) is 5.23. The van der Waals surface area contributed by atoms with Crippen LogP contribution in [0.5, 0.6) is 11.5 Å². The number of aromatic hydroxyl groups is 2. The molecule has 0 bridgehead atoms. The van der Waals surface area contributed by atoms with E-state index in [-0.39, 0.29) is 34.5 Å². The summed E-state index contributed by atoms with van der Waals surface area (Å²) < 4.78 is 39.1. The summed E-state index contributed by atoms with van der Waals surface area (Å²) in [4.78, 5) is 11.4. The second kappa shape index (κ2) is 7.13. The average Bonchev–Trinajstić information content (AvgIpc) is 2.60. The molecule has 27 heavy (non-hydrogen) atoms. The maximum atomic E-state index is 13.0. The lowest BCUT2D eigenvalue weighted by Crippen LogP contribution is -2.16. The van der Waals surface area contributed by atoms with Crippen LogP contribution in [0, 0.1) is 0 Å². The SMILES string of the molecule is O=C(O)c1ccc(C(F)(F)F)cc1[C@H]1CC[C@H](c2ccc(O)cc2O)CC1. The number of rotatable bonds is 3. The summed E-state index contributed by atoms with van der Waals surface area (Å²) in [5.74, 6) is -1.56. The van der Waals surface area contributed by atoms with Crippen molar-refractivity contribution in [2.24, 2.45) is 0 Å². The minimum Gasteiger partial charge on any atom is -0.508 e. The van der Waals surface area contributed by atoms with Crippen molar-refractivity contribution in [3.8, 4) is 11.5 Å². The van der Waals surface area contributed by atoms with Gasteiger partial charge in [-0.05, 0) is 72.9 Å². The Labute approximate surface area is 153 Å². The lowest BCUT2D eigenvalue weighted by molar-refractivity contribution is -0.137. The van der Waals surface area contributed by atoms with Gasteiger partial charge in [0.2, 0.25) is 0 Å². The summed E-state index contributed by atoms with van der Waals surface area (Å²) >= 11 is 0. The Hall–Kier alpha value is -2.70. The molecule has 144 valence electrons. The summed E-state index contributed by atoms with van der Waals surface area (Å²) in [5, 5.41) is 28.7. The van der Waals surface area contributed by atoms with E-state index in [0.29, 0.717) is 31.2 Å². The van der Waals surface area contributed by atoms with Crippen molar-refractivity contribution in [2.75, 3.05) is 0 Å². The summed E-state index contributed by atoms with van der Waals surface area (Å²) in [6.45, 7) is 0. The molecule has 3 rings (SSSR count). The Bertz CT molecular complexity index is 853. The third-order valence-corrected chi connectivity index (χ3v) is 5.23. The van der Waals surface area contributed by atoms with Gasteiger partial charge < -0.3 is 15.3 Å². The van der Waals surface area contributed by atoms with Crippen molar-refractivity contribution >= 4 is 5.97 Å². The van der Waals surface area contributed by atoms with Crippen molar-refractivity contribution in [1.29, 1.82) is 0 Å². The number of benzene rings is 2. The van der Waals surface area contributed by atoms with E-state index in [9.17, 15) is 33.3 Å². The first kappa shape index (κ1) is 19.1. The van der Waals surface area contributed by atoms with Gasteiger partial charge in [-0.25, -0.2) is 4.79 Å². The van der Waals surface area contributed by atoms with E-state index >= 15 is 0 Å². The fraction of sp³-hybridized carbons (Fsp3) is 0.350. The summed E-state index contributed by atoms with van der Waals surface area (Å²) in [7, 11) is 0. The van der Waals surface area contributed by atoms with Gasteiger partial charge in [-0.1, -0.05) is 6.07 Å². The molecule has 0 aromatic heterocycles. The largest absolute Gasteiger partial charge is 0.508 e. The standard InChI is InChI=1S/C20H19F3O4/c21-20(22,23)13-5-7-16(19(26)27)17(9-13)12-3-1-11(2-4-12)15-8-6-14(24)10-18(15)25/h5-12,24-25H,1-4H2,(H,26,27)/t11-,12-. The van der Waals surface area contributed by atoms with Crippen LogP contribution in [0.1, 0.15) is 64.6 Å². The lowest BCUT2D eigenvalue weighted by Gasteiger charge is -2.30. The number of hydrogen-bond donors (Lipinski definition) is 3. The number of carboxylic acids is 1. The minimum atomic E-state index is -4.53. The van der Waals surface area contributed by atoms with Gasteiger partial charge >= 0.3 is 12.1 Å². The highest BCUT2D eigenvalue weighted by molar-refractivity contribution is 5.89. The Morgan fingerprint density at radius 3 is 2.00 bits per heavy atom. The lowest BCUT2D eigenvalue weighted by atomic mass is 9.74. The zero-order valence-corrected chi connectivity index (χ0v) is 14.3. The number of halogens is 3. The smallest absolute Gasteiger partial charge is 0.416 e. The molecule has 0 aliphatic heterocycles. The van der Waals surface area contributed by atoms with Gasteiger partial charge in [-0.15, -0.1) is 0 Å². The normalized spacial score (nSPS) is 20.4. The number of phenols is 2. The third kappa shape index (κ3) is 4.02. The summed E-state index contributed by atoms with van der Waals surface area (Å²) in [6, 6.07) is 7.16. The number of alkyl halides is 3. The first-order chi connectivity index (χ1) is 12.7. The van der Waals surface area contributed by atoms with E-state index in [0.717, 1.165) is 18.2 Å². The van der Waals surface area contributed by atoms with Crippen LogP contribution in [0.25, 0.3) is 0 Å². The summed E-state index contributed by atoms with van der Waals surface area (Å²) in [6.07, 6.45) is -2.27. The second-order valence-corrected chi connectivity index (χ2v) is 6.90. The van der Waals surface area contributed by atoms with Crippen molar-refractivity contribution in [2.45, 2.75) is 43.7 Å². The van der Waals surface area contributed by atoms with E-state index < -0.39 is 17.7 Å². The molecular formula is C20H19F3O4.